The van der Waals surface area contributed by atoms with Gasteiger partial charge in [0.1, 0.15) is 5.75 Å². The van der Waals surface area contributed by atoms with Crippen molar-refractivity contribution in [2.75, 3.05) is 7.11 Å². The first-order chi connectivity index (χ1) is 8.19. The summed E-state index contributed by atoms with van der Waals surface area (Å²) in [6, 6.07) is 12.0. The zero-order valence-corrected chi connectivity index (χ0v) is 9.94. The number of benzene rings is 2. The van der Waals surface area contributed by atoms with Crippen LogP contribution in [0.3, 0.4) is 0 Å². The Morgan fingerprint density at radius 1 is 1.12 bits per heavy atom. The highest BCUT2D eigenvalue weighted by Crippen LogP contribution is 2.22. The maximum atomic E-state index is 10.9. The topological polar surface area (TPSA) is 26.3 Å². The lowest BCUT2D eigenvalue weighted by molar-refractivity contribution is -0.112. The molecule has 17 heavy (non-hydrogen) atoms. The number of carbonyl (C=O) groups excluding carboxylic acids is 1. The molecular weight excluding hydrogens is 212 g/mol. The monoisotopic (exact) mass is 226 g/mol. The normalized spacial score (nSPS) is 10.9. The lowest BCUT2D eigenvalue weighted by Crippen LogP contribution is -1.83. The molecule has 2 aromatic carbocycles. The van der Waals surface area contributed by atoms with Crippen molar-refractivity contribution in [2.24, 2.45) is 0 Å². The Morgan fingerprint density at radius 2 is 1.82 bits per heavy atom. The van der Waals surface area contributed by atoms with Crippen LogP contribution in [0.1, 0.15) is 12.5 Å². The molecule has 0 unspecified atom stereocenters. The largest absolute Gasteiger partial charge is 0.497 e. The molecule has 0 fully saturated rings. The fourth-order valence-electron chi connectivity index (χ4n) is 1.69. The van der Waals surface area contributed by atoms with E-state index in [0.717, 1.165) is 22.1 Å². The quantitative estimate of drug-likeness (QED) is 0.749. The number of ether oxygens (including phenoxy) is 1. The molecule has 86 valence electrons. The standard InChI is InChI=1S/C15H14O2/c1-11(16)3-4-12-5-6-14-10-15(17-2)8-7-13(14)9-12/h3-10H,1-2H3/b4-3+. The Balaban J connectivity index is 2.41. The lowest BCUT2D eigenvalue weighted by Gasteiger charge is -2.03. The molecule has 0 saturated heterocycles. The minimum absolute atomic E-state index is 0.0554. The number of rotatable bonds is 3. The number of ketones is 1. The molecule has 2 aromatic rings. The first kappa shape index (κ1) is 11.4. The summed E-state index contributed by atoms with van der Waals surface area (Å²) in [5.41, 5.74) is 1.03. The molecule has 2 nitrogen and oxygen atoms in total. The van der Waals surface area contributed by atoms with E-state index in [-0.39, 0.29) is 5.78 Å². The highest BCUT2D eigenvalue weighted by atomic mass is 16.5. The van der Waals surface area contributed by atoms with Crippen molar-refractivity contribution in [1.82, 2.24) is 0 Å². The van der Waals surface area contributed by atoms with Crippen molar-refractivity contribution in [3.8, 4) is 5.75 Å². The van der Waals surface area contributed by atoms with Crippen molar-refractivity contribution in [2.45, 2.75) is 6.92 Å². The molecular formula is C15H14O2. The third-order valence-electron chi connectivity index (χ3n) is 2.58. The number of carbonyl (C=O) groups is 1. The summed E-state index contributed by atoms with van der Waals surface area (Å²) in [7, 11) is 1.66. The van der Waals surface area contributed by atoms with Gasteiger partial charge in [0.05, 0.1) is 7.11 Å². The van der Waals surface area contributed by atoms with Crippen molar-refractivity contribution in [3.63, 3.8) is 0 Å². The third-order valence-corrected chi connectivity index (χ3v) is 2.58. The fraction of sp³-hybridized carbons (Fsp3) is 0.133. The molecule has 2 rings (SSSR count). The second-order valence-corrected chi connectivity index (χ2v) is 3.92. The maximum absolute atomic E-state index is 10.9. The van der Waals surface area contributed by atoms with E-state index in [1.807, 2.05) is 42.5 Å². The molecule has 0 spiro atoms. The number of hydrogen-bond acceptors (Lipinski definition) is 2. The van der Waals surface area contributed by atoms with E-state index < -0.39 is 0 Å². The molecule has 0 aliphatic carbocycles. The minimum Gasteiger partial charge on any atom is -0.497 e. The molecule has 2 heteroatoms. The van der Waals surface area contributed by atoms with Crippen LogP contribution >= 0.6 is 0 Å². The van der Waals surface area contributed by atoms with Gasteiger partial charge in [-0.15, -0.1) is 0 Å². The Morgan fingerprint density at radius 3 is 2.53 bits per heavy atom. The Kier molecular flexibility index (Phi) is 3.24. The predicted octanol–water partition coefficient (Wildman–Crippen LogP) is 3.45. The van der Waals surface area contributed by atoms with Gasteiger partial charge in [0.15, 0.2) is 5.78 Å². The summed E-state index contributed by atoms with van der Waals surface area (Å²) < 4.78 is 5.17. The molecule has 0 aliphatic rings. The minimum atomic E-state index is 0.0554. The van der Waals surface area contributed by atoms with E-state index >= 15 is 0 Å². The molecule has 0 atom stereocenters. The molecule has 0 bridgehead atoms. The van der Waals surface area contributed by atoms with Crippen LogP contribution in [-0.2, 0) is 4.79 Å². The molecule has 0 aromatic heterocycles. The maximum Gasteiger partial charge on any atom is 0.152 e. The molecule has 0 heterocycles. The second-order valence-electron chi connectivity index (χ2n) is 3.92. The first-order valence-corrected chi connectivity index (χ1v) is 5.45. The zero-order valence-electron chi connectivity index (χ0n) is 9.94. The number of hydrogen-bond donors (Lipinski definition) is 0. The highest BCUT2D eigenvalue weighted by molar-refractivity contribution is 5.92. The predicted molar refractivity (Wildman–Crippen MR) is 70.2 cm³/mol. The first-order valence-electron chi connectivity index (χ1n) is 5.45. The van der Waals surface area contributed by atoms with Gasteiger partial charge in [0.25, 0.3) is 0 Å². The van der Waals surface area contributed by atoms with E-state index in [4.69, 9.17) is 4.74 Å². The van der Waals surface area contributed by atoms with Gasteiger partial charge in [-0.25, -0.2) is 0 Å². The summed E-state index contributed by atoms with van der Waals surface area (Å²) >= 11 is 0. The van der Waals surface area contributed by atoms with Crippen molar-refractivity contribution >= 4 is 22.6 Å². The molecule has 0 aliphatic heterocycles. The number of methoxy groups -OCH3 is 1. The SMILES string of the molecule is COc1ccc2cc(/C=C/C(C)=O)ccc2c1. The van der Waals surface area contributed by atoms with Crippen molar-refractivity contribution in [3.05, 3.63) is 48.0 Å². The highest BCUT2D eigenvalue weighted by Gasteiger charge is 1.97. The van der Waals surface area contributed by atoms with Crippen LogP contribution < -0.4 is 4.74 Å². The van der Waals surface area contributed by atoms with Gasteiger partial charge in [-0.3, -0.25) is 4.79 Å². The summed E-state index contributed by atoms with van der Waals surface area (Å²) in [6.07, 6.45) is 3.40. The van der Waals surface area contributed by atoms with E-state index in [1.165, 1.54) is 0 Å². The lowest BCUT2D eigenvalue weighted by atomic mass is 10.1. The zero-order chi connectivity index (χ0) is 12.3. The Labute approximate surface area is 101 Å². The van der Waals surface area contributed by atoms with Gasteiger partial charge >= 0.3 is 0 Å². The second kappa shape index (κ2) is 4.83. The number of allylic oxidation sites excluding steroid dienone is 1. The van der Waals surface area contributed by atoms with Crippen LogP contribution in [0.5, 0.6) is 5.75 Å². The average Bonchev–Trinajstić information content (AvgIpc) is 2.35. The van der Waals surface area contributed by atoms with E-state index in [0.29, 0.717) is 0 Å². The van der Waals surface area contributed by atoms with Crippen LogP contribution in [0.4, 0.5) is 0 Å². The Hall–Kier alpha value is -2.09. The molecule has 0 saturated carbocycles. The van der Waals surface area contributed by atoms with Gasteiger partial charge in [-0.1, -0.05) is 24.3 Å². The van der Waals surface area contributed by atoms with Crippen LogP contribution in [0.2, 0.25) is 0 Å². The van der Waals surface area contributed by atoms with Gasteiger partial charge in [0.2, 0.25) is 0 Å². The van der Waals surface area contributed by atoms with E-state index in [2.05, 4.69) is 0 Å². The summed E-state index contributed by atoms with van der Waals surface area (Å²) in [5, 5.41) is 2.26. The summed E-state index contributed by atoms with van der Waals surface area (Å²) in [4.78, 5) is 10.9. The van der Waals surface area contributed by atoms with Gasteiger partial charge < -0.3 is 4.74 Å². The number of fused-ring (bicyclic) bond motifs is 1. The van der Waals surface area contributed by atoms with Crippen LogP contribution in [-0.4, -0.2) is 12.9 Å². The van der Waals surface area contributed by atoms with Crippen LogP contribution in [0.25, 0.3) is 16.8 Å². The van der Waals surface area contributed by atoms with Crippen molar-refractivity contribution in [1.29, 1.82) is 0 Å². The summed E-state index contributed by atoms with van der Waals surface area (Å²) in [5.74, 6) is 0.907. The van der Waals surface area contributed by atoms with E-state index in [9.17, 15) is 4.79 Å². The van der Waals surface area contributed by atoms with Gasteiger partial charge in [0, 0.05) is 0 Å². The van der Waals surface area contributed by atoms with Crippen LogP contribution in [0, 0.1) is 0 Å². The third kappa shape index (κ3) is 2.72. The fourth-order valence-corrected chi connectivity index (χ4v) is 1.69. The van der Waals surface area contributed by atoms with Crippen molar-refractivity contribution < 1.29 is 9.53 Å². The van der Waals surface area contributed by atoms with Gasteiger partial charge in [-0.05, 0) is 47.5 Å². The van der Waals surface area contributed by atoms with Crippen LogP contribution in [0.15, 0.2) is 42.5 Å². The Bertz CT molecular complexity index is 582. The molecule has 0 amide bonds. The van der Waals surface area contributed by atoms with E-state index in [1.54, 1.807) is 20.1 Å². The molecule has 0 radical (unpaired) electrons. The molecule has 0 N–H and O–H groups in total. The average molecular weight is 226 g/mol. The van der Waals surface area contributed by atoms with Gasteiger partial charge in [-0.2, -0.15) is 0 Å². The smallest absolute Gasteiger partial charge is 0.152 e. The summed E-state index contributed by atoms with van der Waals surface area (Å²) in [6.45, 7) is 1.54.